The molecule has 6 nitrogen and oxygen atoms in total. The second-order valence-electron chi connectivity index (χ2n) is 7.29. The minimum absolute atomic E-state index is 0.254. The Morgan fingerprint density at radius 3 is 2.63 bits per heavy atom. The molecule has 1 saturated heterocycles. The Hall–Kier alpha value is -2.84. The maximum absolute atomic E-state index is 13.3. The molecule has 1 fully saturated rings. The van der Waals surface area contributed by atoms with E-state index < -0.39 is 0 Å². The number of thiophene rings is 1. The number of piperazine rings is 1. The Morgan fingerprint density at radius 1 is 1.13 bits per heavy atom. The van der Waals surface area contributed by atoms with Crippen molar-refractivity contribution in [2.24, 2.45) is 0 Å². The van der Waals surface area contributed by atoms with E-state index in [0.29, 0.717) is 18.4 Å². The van der Waals surface area contributed by atoms with Crippen LogP contribution in [0.5, 0.6) is 5.88 Å². The lowest BCUT2D eigenvalue weighted by Crippen LogP contribution is -2.44. The summed E-state index contributed by atoms with van der Waals surface area (Å²) < 4.78 is 20.1. The molecule has 1 aliphatic heterocycles. The molecule has 1 aromatic carbocycles. The minimum atomic E-state index is -0.254. The standard InChI is InChI=1S/C22H22FN5OS/c1-3-29-20-19-18(26-22(27-20)28-10-8-24-9-11-28)17-13(2)12-16(25-21(17)30-19)14-4-6-15(23)7-5-14/h4-7,12,24H,3,8-11H2,1-2H3. The molecule has 3 aromatic heterocycles. The van der Waals surface area contributed by atoms with Gasteiger partial charge in [-0.25, -0.2) is 14.4 Å². The molecule has 0 unspecified atom stereocenters. The van der Waals surface area contributed by atoms with E-state index in [4.69, 9.17) is 19.7 Å². The van der Waals surface area contributed by atoms with E-state index in [2.05, 4.69) is 17.1 Å². The Bertz CT molecular complexity index is 1220. The number of aromatic nitrogens is 3. The number of anilines is 1. The van der Waals surface area contributed by atoms with Crippen LogP contribution in [0.1, 0.15) is 12.5 Å². The number of pyridine rings is 1. The molecular weight excluding hydrogens is 401 g/mol. The van der Waals surface area contributed by atoms with Gasteiger partial charge in [-0.3, -0.25) is 0 Å². The van der Waals surface area contributed by atoms with E-state index in [0.717, 1.165) is 63.4 Å². The second-order valence-corrected chi connectivity index (χ2v) is 8.29. The lowest BCUT2D eigenvalue weighted by atomic mass is 10.1. The van der Waals surface area contributed by atoms with E-state index in [1.165, 1.54) is 12.1 Å². The number of fused-ring (bicyclic) bond motifs is 3. The predicted octanol–water partition coefficient (Wildman–Crippen LogP) is 4.16. The van der Waals surface area contributed by atoms with Crippen LogP contribution in [0.15, 0.2) is 30.3 Å². The molecule has 154 valence electrons. The molecule has 0 spiro atoms. The van der Waals surface area contributed by atoms with Crippen molar-refractivity contribution in [1.29, 1.82) is 0 Å². The molecule has 0 atom stereocenters. The van der Waals surface area contributed by atoms with Gasteiger partial charge in [0.05, 0.1) is 12.3 Å². The number of benzene rings is 1. The molecule has 0 radical (unpaired) electrons. The van der Waals surface area contributed by atoms with Crippen molar-refractivity contribution in [1.82, 2.24) is 20.3 Å². The molecule has 1 N–H and O–H groups in total. The zero-order chi connectivity index (χ0) is 20.7. The number of aryl methyl sites for hydroxylation is 1. The zero-order valence-electron chi connectivity index (χ0n) is 16.9. The molecule has 4 aromatic rings. The first-order valence-corrected chi connectivity index (χ1v) is 10.9. The minimum Gasteiger partial charge on any atom is -0.477 e. The van der Waals surface area contributed by atoms with Gasteiger partial charge in [-0.05, 0) is 49.7 Å². The average molecular weight is 424 g/mol. The van der Waals surface area contributed by atoms with Crippen molar-refractivity contribution < 1.29 is 9.13 Å². The van der Waals surface area contributed by atoms with Gasteiger partial charge in [-0.2, -0.15) is 4.98 Å². The van der Waals surface area contributed by atoms with E-state index in [1.54, 1.807) is 23.5 Å². The first-order chi connectivity index (χ1) is 14.6. The summed E-state index contributed by atoms with van der Waals surface area (Å²) in [6.45, 7) is 8.12. The highest BCUT2D eigenvalue weighted by Crippen LogP contribution is 2.40. The summed E-state index contributed by atoms with van der Waals surface area (Å²) in [4.78, 5) is 17.6. The number of hydrogen-bond acceptors (Lipinski definition) is 7. The molecule has 4 heterocycles. The van der Waals surface area contributed by atoms with Gasteiger partial charge in [0.25, 0.3) is 0 Å². The number of rotatable bonds is 4. The third-order valence-electron chi connectivity index (χ3n) is 5.26. The van der Waals surface area contributed by atoms with Crippen molar-refractivity contribution >= 4 is 37.7 Å². The number of hydrogen-bond donors (Lipinski definition) is 1. The first-order valence-electron chi connectivity index (χ1n) is 10.1. The smallest absolute Gasteiger partial charge is 0.236 e. The molecule has 30 heavy (non-hydrogen) atoms. The van der Waals surface area contributed by atoms with Gasteiger partial charge in [0.15, 0.2) is 0 Å². The van der Waals surface area contributed by atoms with Crippen LogP contribution in [0.25, 0.3) is 31.7 Å². The maximum atomic E-state index is 13.3. The number of nitrogens with zero attached hydrogens (tertiary/aromatic N) is 4. The van der Waals surface area contributed by atoms with Gasteiger partial charge < -0.3 is 15.0 Å². The van der Waals surface area contributed by atoms with Gasteiger partial charge in [0.2, 0.25) is 11.8 Å². The first kappa shape index (κ1) is 19.1. The van der Waals surface area contributed by atoms with Crippen molar-refractivity contribution in [3.05, 3.63) is 41.7 Å². The summed E-state index contributed by atoms with van der Waals surface area (Å²) in [5, 5.41) is 4.39. The van der Waals surface area contributed by atoms with Gasteiger partial charge in [0.1, 0.15) is 20.9 Å². The van der Waals surface area contributed by atoms with Crippen LogP contribution in [0.3, 0.4) is 0 Å². The number of nitrogens with one attached hydrogen (secondary N) is 1. The summed E-state index contributed by atoms with van der Waals surface area (Å²) >= 11 is 1.54. The number of halogens is 1. The third kappa shape index (κ3) is 3.36. The lowest BCUT2D eigenvalue weighted by molar-refractivity contribution is 0.331. The topological polar surface area (TPSA) is 63.2 Å². The van der Waals surface area contributed by atoms with Crippen LogP contribution in [0.2, 0.25) is 0 Å². The highest BCUT2D eigenvalue weighted by Gasteiger charge is 2.21. The van der Waals surface area contributed by atoms with Crippen LogP contribution >= 0.6 is 11.3 Å². The van der Waals surface area contributed by atoms with Crippen molar-refractivity contribution in [2.45, 2.75) is 13.8 Å². The Labute approximate surface area is 177 Å². The molecule has 5 rings (SSSR count). The summed E-state index contributed by atoms with van der Waals surface area (Å²) in [7, 11) is 0. The number of ether oxygens (including phenoxy) is 1. The Morgan fingerprint density at radius 2 is 1.90 bits per heavy atom. The van der Waals surface area contributed by atoms with Crippen molar-refractivity contribution in [3.8, 4) is 17.1 Å². The van der Waals surface area contributed by atoms with Crippen LogP contribution in [0, 0.1) is 12.7 Å². The molecule has 0 saturated carbocycles. The van der Waals surface area contributed by atoms with E-state index in [9.17, 15) is 4.39 Å². The second kappa shape index (κ2) is 7.77. The molecule has 0 aliphatic carbocycles. The van der Waals surface area contributed by atoms with Gasteiger partial charge in [-0.15, -0.1) is 11.3 Å². The fourth-order valence-corrected chi connectivity index (χ4v) is 4.92. The Kier molecular flexibility index (Phi) is 4.96. The van der Waals surface area contributed by atoms with E-state index in [-0.39, 0.29) is 5.82 Å². The quantitative estimate of drug-likeness (QED) is 0.532. The summed E-state index contributed by atoms with van der Waals surface area (Å²) in [6, 6.07) is 8.46. The van der Waals surface area contributed by atoms with E-state index in [1.807, 2.05) is 13.0 Å². The molecule has 1 aliphatic rings. The van der Waals surface area contributed by atoms with Gasteiger partial charge in [0, 0.05) is 37.1 Å². The normalized spacial score (nSPS) is 14.6. The maximum Gasteiger partial charge on any atom is 0.236 e. The average Bonchev–Trinajstić information content (AvgIpc) is 3.14. The highest BCUT2D eigenvalue weighted by atomic mass is 32.1. The van der Waals surface area contributed by atoms with Crippen LogP contribution < -0.4 is 15.0 Å². The van der Waals surface area contributed by atoms with Crippen LogP contribution in [-0.4, -0.2) is 47.7 Å². The highest BCUT2D eigenvalue weighted by molar-refractivity contribution is 7.25. The summed E-state index contributed by atoms with van der Waals surface area (Å²) in [6.07, 6.45) is 0. The Balaban J connectivity index is 1.70. The van der Waals surface area contributed by atoms with Gasteiger partial charge >= 0.3 is 0 Å². The largest absolute Gasteiger partial charge is 0.477 e. The summed E-state index contributed by atoms with van der Waals surface area (Å²) in [5.41, 5.74) is 3.67. The fourth-order valence-electron chi connectivity index (χ4n) is 3.79. The van der Waals surface area contributed by atoms with Crippen molar-refractivity contribution in [3.63, 3.8) is 0 Å². The van der Waals surface area contributed by atoms with Crippen molar-refractivity contribution in [2.75, 3.05) is 37.7 Å². The zero-order valence-corrected chi connectivity index (χ0v) is 17.7. The predicted molar refractivity (Wildman–Crippen MR) is 119 cm³/mol. The van der Waals surface area contributed by atoms with E-state index >= 15 is 0 Å². The lowest BCUT2D eigenvalue weighted by Gasteiger charge is -2.27. The third-order valence-corrected chi connectivity index (χ3v) is 6.32. The molecule has 0 bridgehead atoms. The van der Waals surface area contributed by atoms with Crippen LogP contribution in [0.4, 0.5) is 10.3 Å². The monoisotopic (exact) mass is 423 g/mol. The molecule has 8 heteroatoms. The molecule has 0 amide bonds. The SMILES string of the molecule is CCOc1nc(N2CCNCC2)nc2c1sc1nc(-c3ccc(F)cc3)cc(C)c12. The van der Waals surface area contributed by atoms with Crippen LogP contribution in [-0.2, 0) is 0 Å². The fraction of sp³-hybridized carbons (Fsp3) is 0.318. The molecular formula is C22H22FN5OS. The van der Waals surface area contributed by atoms with Gasteiger partial charge in [-0.1, -0.05) is 0 Å². The summed E-state index contributed by atoms with van der Waals surface area (Å²) in [5.74, 6) is 1.06.